The van der Waals surface area contributed by atoms with Crippen LogP contribution in [0.15, 0.2) is 55.9 Å². The van der Waals surface area contributed by atoms with E-state index in [1.165, 1.54) is 30.1 Å². The molecule has 2 heterocycles. The maximum atomic E-state index is 13.8. The van der Waals surface area contributed by atoms with E-state index in [9.17, 15) is 9.59 Å². The molecule has 0 spiro atoms. The van der Waals surface area contributed by atoms with Crippen LogP contribution in [0.4, 0.5) is 0 Å². The maximum Gasteiger partial charge on any atom is 0.338 e. The Morgan fingerprint density at radius 1 is 1.19 bits per heavy atom. The molecule has 11 heteroatoms. The Hall–Kier alpha value is -3.08. The van der Waals surface area contributed by atoms with Gasteiger partial charge >= 0.3 is 5.97 Å². The Labute approximate surface area is 230 Å². The molecule has 1 aliphatic rings. The van der Waals surface area contributed by atoms with E-state index < -0.39 is 12.0 Å². The quantitative estimate of drug-likeness (QED) is 0.374. The van der Waals surface area contributed by atoms with Gasteiger partial charge in [0.15, 0.2) is 16.3 Å². The number of hydrogen-bond acceptors (Lipinski definition) is 8. The van der Waals surface area contributed by atoms with E-state index in [2.05, 4.69) is 20.9 Å². The lowest BCUT2D eigenvalue weighted by atomic mass is 9.95. The van der Waals surface area contributed by atoms with E-state index in [0.717, 1.165) is 5.56 Å². The number of aromatic nitrogens is 1. The summed E-state index contributed by atoms with van der Waals surface area (Å²) in [4.78, 5) is 31.7. The Morgan fingerprint density at radius 2 is 1.92 bits per heavy atom. The van der Waals surface area contributed by atoms with Crippen molar-refractivity contribution < 1.29 is 23.7 Å². The summed E-state index contributed by atoms with van der Waals surface area (Å²) in [5.74, 6) is 0.985. The number of fused-ring (bicyclic) bond motifs is 1. The van der Waals surface area contributed by atoms with Crippen molar-refractivity contribution in [2.45, 2.75) is 19.9 Å². The van der Waals surface area contributed by atoms with Gasteiger partial charge < -0.3 is 18.9 Å². The average Bonchev–Trinajstić information content (AvgIpc) is 3.18. The van der Waals surface area contributed by atoms with Crippen LogP contribution in [0.25, 0.3) is 6.08 Å². The Bertz CT molecular complexity index is 1590. The number of nitrogens with zero attached hydrogens (tertiary/aromatic N) is 2. The van der Waals surface area contributed by atoms with E-state index in [-0.39, 0.29) is 11.1 Å². The van der Waals surface area contributed by atoms with Crippen LogP contribution in [-0.4, -0.2) is 38.5 Å². The normalized spacial score (nSPS) is 15.2. The van der Waals surface area contributed by atoms with Crippen molar-refractivity contribution in [3.8, 4) is 17.2 Å². The molecule has 37 heavy (non-hydrogen) atoms. The molecular weight excluding hydrogens is 584 g/mol. The predicted molar refractivity (Wildman–Crippen MR) is 146 cm³/mol. The van der Waals surface area contributed by atoms with Gasteiger partial charge in [0.25, 0.3) is 5.56 Å². The second kappa shape index (κ2) is 11.1. The molecule has 0 unspecified atom stereocenters. The van der Waals surface area contributed by atoms with Crippen molar-refractivity contribution in [3.05, 3.63) is 81.9 Å². The smallest absolute Gasteiger partial charge is 0.338 e. The zero-order valence-electron chi connectivity index (χ0n) is 20.8. The fourth-order valence-electron chi connectivity index (χ4n) is 4.16. The van der Waals surface area contributed by atoms with E-state index in [1.807, 2.05) is 13.0 Å². The lowest BCUT2D eigenvalue weighted by molar-refractivity contribution is -0.136. The molecule has 1 atom stereocenters. The molecule has 1 aromatic heterocycles. The van der Waals surface area contributed by atoms with E-state index in [4.69, 9.17) is 30.5 Å². The minimum atomic E-state index is -0.846. The predicted octanol–water partition coefficient (Wildman–Crippen LogP) is 4.24. The molecule has 0 amide bonds. The van der Waals surface area contributed by atoms with Crippen molar-refractivity contribution in [3.63, 3.8) is 0 Å². The molecule has 0 aliphatic carbocycles. The van der Waals surface area contributed by atoms with E-state index >= 15 is 0 Å². The summed E-state index contributed by atoms with van der Waals surface area (Å²) in [5.41, 5.74) is 1.61. The largest absolute Gasteiger partial charge is 0.496 e. The summed E-state index contributed by atoms with van der Waals surface area (Å²) in [7, 11) is 4.36. The number of carbonyl (C=O) groups is 1. The standard InChI is InChI=1S/C26H24BrClN2O6S/c1-6-36-23-17(27)9-14(10-19(23)34-4)11-20-24(31)30-22(16-12-15(28)7-8-18(16)33-3)21(25(32)35-5)13(2)29-26(30)37-20/h7-12,22H,6H2,1-5H3/b20-11-/t22-/m1/s1. The molecule has 0 N–H and O–H groups in total. The highest BCUT2D eigenvalue weighted by Crippen LogP contribution is 2.38. The topological polar surface area (TPSA) is 88.4 Å². The summed E-state index contributed by atoms with van der Waals surface area (Å²) >= 11 is 11.1. The molecule has 8 nitrogen and oxygen atoms in total. The first-order valence-corrected chi connectivity index (χ1v) is 13.2. The first kappa shape index (κ1) is 27.0. The highest BCUT2D eigenvalue weighted by Gasteiger charge is 2.35. The van der Waals surface area contributed by atoms with Crippen LogP contribution >= 0.6 is 38.9 Å². The molecular formula is C26H24BrClN2O6S. The number of halogens is 2. The monoisotopic (exact) mass is 606 g/mol. The highest BCUT2D eigenvalue weighted by molar-refractivity contribution is 9.10. The first-order chi connectivity index (χ1) is 17.7. The van der Waals surface area contributed by atoms with E-state index in [1.54, 1.807) is 44.4 Å². The lowest BCUT2D eigenvalue weighted by Crippen LogP contribution is -2.40. The minimum absolute atomic E-state index is 0.229. The van der Waals surface area contributed by atoms with Crippen LogP contribution in [0.3, 0.4) is 0 Å². The summed E-state index contributed by atoms with van der Waals surface area (Å²) in [6.07, 6.45) is 1.75. The van der Waals surface area contributed by atoms with Gasteiger partial charge in [-0.3, -0.25) is 9.36 Å². The number of thiazole rings is 1. The molecule has 2 aromatic carbocycles. The third-order valence-electron chi connectivity index (χ3n) is 5.75. The Kier molecular flexibility index (Phi) is 8.11. The molecule has 0 saturated heterocycles. The number of rotatable bonds is 7. The fourth-order valence-corrected chi connectivity index (χ4v) is 5.97. The van der Waals surface area contributed by atoms with Gasteiger partial charge in [0.1, 0.15) is 11.8 Å². The van der Waals surface area contributed by atoms with Crippen molar-refractivity contribution >= 4 is 50.9 Å². The first-order valence-electron chi connectivity index (χ1n) is 11.2. The van der Waals surface area contributed by atoms with Gasteiger partial charge in [0.05, 0.1) is 48.2 Å². The van der Waals surface area contributed by atoms with Gasteiger partial charge in [-0.1, -0.05) is 22.9 Å². The summed E-state index contributed by atoms with van der Waals surface area (Å²) < 4.78 is 24.4. The molecule has 1 aliphatic heterocycles. The van der Waals surface area contributed by atoms with Gasteiger partial charge in [-0.2, -0.15) is 0 Å². The maximum absolute atomic E-state index is 13.8. The third kappa shape index (κ3) is 5.05. The lowest BCUT2D eigenvalue weighted by Gasteiger charge is -2.25. The number of esters is 1. The SMILES string of the molecule is CCOc1c(Br)cc(/C=c2\sc3n(c2=O)[C@H](c2cc(Cl)ccc2OC)C(C(=O)OC)=C(C)N=3)cc1OC. The second-order valence-corrected chi connectivity index (χ2v) is 10.2. The highest BCUT2D eigenvalue weighted by atomic mass is 79.9. The van der Waals surface area contributed by atoms with Crippen molar-refractivity contribution in [1.82, 2.24) is 4.57 Å². The van der Waals surface area contributed by atoms with Crippen LogP contribution in [0.1, 0.15) is 31.0 Å². The number of benzene rings is 2. The van der Waals surface area contributed by atoms with Crippen molar-refractivity contribution in [2.24, 2.45) is 4.99 Å². The van der Waals surface area contributed by atoms with Crippen molar-refractivity contribution in [2.75, 3.05) is 27.9 Å². The van der Waals surface area contributed by atoms with Gasteiger partial charge in [-0.05, 0) is 71.7 Å². The summed E-state index contributed by atoms with van der Waals surface area (Å²) in [6.45, 7) is 4.07. The minimum Gasteiger partial charge on any atom is -0.496 e. The van der Waals surface area contributed by atoms with Crippen LogP contribution < -0.4 is 29.1 Å². The Morgan fingerprint density at radius 3 is 2.57 bits per heavy atom. The van der Waals surface area contributed by atoms with Gasteiger partial charge in [-0.15, -0.1) is 0 Å². The zero-order chi connectivity index (χ0) is 26.9. The van der Waals surface area contributed by atoms with Crippen LogP contribution in [-0.2, 0) is 9.53 Å². The number of carbonyl (C=O) groups excluding carboxylic acids is 1. The molecule has 0 fully saturated rings. The molecule has 194 valence electrons. The zero-order valence-corrected chi connectivity index (χ0v) is 23.9. The third-order valence-corrected chi connectivity index (χ3v) is 7.56. The van der Waals surface area contributed by atoms with Gasteiger partial charge in [-0.25, -0.2) is 9.79 Å². The summed E-state index contributed by atoms with van der Waals surface area (Å²) in [5, 5.41) is 0.433. The van der Waals surface area contributed by atoms with E-state index in [0.29, 0.717) is 53.9 Å². The number of hydrogen-bond donors (Lipinski definition) is 0. The molecule has 0 bridgehead atoms. The molecule has 3 aromatic rings. The van der Waals surface area contributed by atoms with Crippen LogP contribution in [0.5, 0.6) is 17.2 Å². The molecule has 0 saturated carbocycles. The summed E-state index contributed by atoms with van der Waals surface area (Å²) in [6, 6.07) is 7.84. The number of ether oxygens (including phenoxy) is 4. The Balaban J connectivity index is 1.98. The molecule has 0 radical (unpaired) electrons. The molecule has 4 rings (SSSR count). The second-order valence-electron chi connectivity index (χ2n) is 7.93. The van der Waals surface area contributed by atoms with Gasteiger partial charge in [0, 0.05) is 10.6 Å². The number of allylic oxidation sites excluding steroid dienone is 1. The van der Waals surface area contributed by atoms with Crippen LogP contribution in [0, 0.1) is 0 Å². The van der Waals surface area contributed by atoms with Crippen molar-refractivity contribution in [1.29, 1.82) is 0 Å². The number of methoxy groups -OCH3 is 3. The van der Waals surface area contributed by atoms with Crippen LogP contribution in [0.2, 0.25) is 5.02 Å². The average molecular weight is 608 g/mol. The fraction of sp³-hybridized carbons (Fsp3) is 0.269. The van der Waals surface area contributed by atoms with Gasteiger partial charge in [0.2, 0.25) is 0 Å².